The third-order valence-electron chi connectivity index (χ3n) is 7.09. The molecule has 0 spiro atoms. The number of nitrogens with zero attached hydrogens (tertiary/aromatic N) is 3. The number of benzene rings is 2. The molecule has 9 nitrogen and oxygen atoms in total. The molecule has 1 saturated heterocycles. The minimum atomic E-state index is -0.404. The standard InChI is InChI=1S/C27H33N5O4/c1-35-23-12-11-20(16-24(23)36-22-9-5-6-10-22)31-13-14-32(26(33)17-25-28-27(34)30-29-25)21(18-31)15-19-7-3-2-4-8-19/h2-4,7-8,11-12,16,21-22H,5-6,9-10,13-15,17-18H2,1H3,(H2,28,29,30,34). The summed E-state index contributed by atoms with van der Waals surface area (Å²) < 4.78 is 11.9. The summed E-state index contributed by atoms with van der Waals surface area (Å²) in [6.07, 6.45) is 5.60. The molecule has 1 aliphatic heterocycles. The molecule has 0 bridgehead atoms. The van der Waals surface area contributed by atoms with Gasteiger partial charge in [0.25, 0.3) is 0 Å². The van der Waals surface area contributed by atoms with E-state index in [9.17, 15) is 9.59 Å². The second kappa shape index (κ2) is 10.9. The Labute approximate surface area is 210 Å². The first-order valence-electron chi connectivity index (χ1n) is 12.7. The van der Waals surface area contributed by atoms with E-state index >= 15 is 0 Å². The highest BCUT2D eigenvalue weighted by Crippen LogP contribution is 2.35. The highest BCUT2D eigenvalue weighted by molar-refractivity contribution is 5.78. The molecule has 2 aliphatic rings. The van der Waals surface area contributed by atoms with E-state index in [0.29, 0.717) is 25.5 Å². The number of amides is 1. The lowest BCUT2D eigenvalue weighted by Gasteiger charge is -2.43. The zero-order valence-corrected chi connectivity index (χ0v) is 20.6. The van der Waals surface area contributed by atoms with Gasteiger partial charge in [-0.3, -0.25) is 9.78 Å². The molecule has 190 valence electrons. The zero-order valence-electron chi connectivity index (χ0n) is 20.6. The number of hydrogen-bond donors (Lipinski definition) is 2. The number of H-pyrrole nitrogens is 2. The normalized spacial score (nSPS) is 18.4. The van der Waals surface area contributed by atoms with Gasteiger partial charge in [-0.05, 0) is 49.8 Å². The van der Waals surface area contributed by atoms with Crippen LogP contribution in [0.4, 0.5) is 5.69 Å². The van der Waals surface area contributed by atoms with Gasteiger partial charge in [-0.25, -0.2) is 9.89 Å². The molecule has 2 aromatic carbocycles. The molecule has 1 unspecified atom stereocenters. The van der Waals surface area contributed by atoms with Crippen molar-refractivity contribution in [1.82, 2.24) is 20.1 Å². The Balaban J connectivity index is 1.36. The summed E-state index contributed by atoms with van der Waals surface area (Å²) in [5, 5.41) is 6.25. The maximum absolute atomic E-state index is 13.2. The van der Waals surface area contributed by atoms with E-state index in [1.807, 2.05) is 29.2 Å². The fourth-order valence-electron chi connectivity index (χ4n) is 5.25. The van der Waals surface area contributed by atoms with Crippen LogP contribution in [0.15, 0.2) is 53.3 Å². The van der Waals surface area contributed by atoms with Crippen molar-refractivity contribution in [3.05, 3.63) is 70.4 Å². The fraction of sp³-hybridized carbons (Fsp3) is 0.444. The topological polar surface area (TPSA) is 104 Å². The zero-order chi connectivity index (χ0) is 24.9. The number of hydrogen-bond acceptors (Lipinski definition) is 6. The highest BCUT2D eigenvalue weighted by Gasteiger charge is 2.31. The van der Waals surface area contributed by atoms with Crippen LogP contribution in [0.3, 0.4) is 0 Å². The molecule has 1 aliphatic carbocycles. The lowest BCUT2D eigenvalue weighted by molar-refractivity contribution is -0.133. The van der Waals surface area contributed by atoms with Crippen LogP contribution < -0.4 is 20.1 Å². The number of piperazine rings is 1. The van der Waals surface area contributed by atoms with Crippen molar-refractivity contribution in [1.29, 1.82) is 0 Å². The molecule has 5 rings (SSSR count). The van der Waals surface area contributed by atoms with E-state index in [2.05, 4.69) is 44.3 Å². The molecule has 36 heavy (non-hydrogen) atoms. The first-order chi connectivity index (χ1) is 17.6. The fourth-order valence-corrected chi connectivity index (χ4v) is 5.25. The van der Waals surface area contributed by atoms with Crippen LogP contribution in [0, 0.1) is 0 Å². The minimum Gasteiger partial charge on any atom is -0.493 e. The van der Waals surface area contributed by atoms with E-state index in [-0.39, 0.29) is 24.5 Å². The summed E-state index contributed by atoms with van der Waals surface area (Å²) in [6.45, 7) is 1.96. The quantitative estimate of drug-likeness (QED) is 0.502. The van der Waals surface area contributed by atoms with Crippen LogP contribution >= 0.6 is 0 Å². The van der Waals surface area contributed by atoms with E-state index < -0.39 is 5.69 Å². The van der Waals surface area contributed by atoms with Gasteiger partial charge in [0, 0.05) is 31.4 Å². The molecule has 1 aromatic heterocycles. The number of aromatic amines is 2. The van der Waals surface area contributed by atoms with Gasteiger partial charge in [0.15, 0.2) is 11.5 Å². The Kier molecular flexibility index (Phi) is 7.25. The van der Waals surface area contributed by atoms with Crippen molar-refractivity contribution in [3.8, 4) is 11.5 Å². The maximum Gasteiger partial charge on any atom is 0.340 e. The van der Waals surface area contributed by atoms with E-state index in [4.69, 9.17) is 9.47 Å². The number of methoxy groups -OCH3 is 1. The molecular weight excluding hydrogens is 458 g/mol. The van der Waals surface area contributed by atoms with Gasteiger partial charge in [-0.15, -0.1) is 0 Å². The average molecular weight is 492 g/mol. The van der Waals surface area contributed by atoms with Gasteiger partial charge in [-0.1, -0.05) is 30.3 Å². The highest BCUT2D eigenvalue weighted by atomic mass is 16.5. The molecule has 1 atom stereocenters. The van der Waals surface area contributed by atoms with Crippen LogP contribution in [0.1, 0.15) is 37.1 Å². The van der Waals surface area contributed by atoms with Crippen molar-refractivity contribution in [2.45, 2.75) is 50.7 Å². The van der Waals surface area contributed by atoms with Crippen LogP contribution in [0.5, 0.6) is 11.5 Å². The number of carbonyl (C=O) groups excluding carboxylic acids is 1. The molecule has 0 radical (unpaired) electrons. The van der Waals surface area contributed by atoms with Gasteiger partial charge in [0.1, 0.15) is 5.82 Å². The summed E-state index contributed by atoms with van der Waals surface area (Å²) in [5.41, 5.74) is 1.83. The van der Waals surface area contributed by atoms with Crippen molar-refractivity contribution in [2.75, 3.05) is 31.6 Å². The van der Waals surface area contributed by atoms with Gasteiger partial charge in [0.2, 0.25) is 5.91 Å². The predicted octanol–water partition coefficient (Wildman–Crippen LogP) is 2.93. The Morgan fingerprint density at radius 1 is 1.08 bits per heavy atom. The second-order valence-electron chi connectivity index (χ2n) is 9.54. The Hall–Kier alpha value is -3.75. The van der Waals surface area contributed by atoms with Crippen LogP contribution in [-0.4, -0.2) is 64.9 Å². The van der Waals surface area contributed by atoms with E-state index in [0.717, 1.165) is 36.4 Å². The molecule has 1 saturated carbocycles. The van der Waals surface area contributed by atoms with Crippen molar-refractivity contribution < 1.29 is 14.3 Å². The third kappa shape index (κ3) is 5.56. The first kappa shape index (κ1) is 24.0. The number of aromatic nitrogens is 3. The second-order valence-corrected chi connectivity index (χ2v) is 9.54. The number of carbonyl (C=O) groups is 1. The molecule has 2 fully saturated rings. The lowest BCUT2D eigenvalue weighted by Crippen LogP contribution is -2.56. The summed E-state index contributed by atoms with van der Waals surface area (Å²) in [7, 11) is 1.67. The van der Waals surface area contributed by atoms with Gasteiger partial charge in [0.05, 0.1) is 25.7 Å². The van der Waals surface area contributed by atoms with Crippen molar-refractivity contribution in [3.63, 3.8) is 0 Å². The molecule has 3 aromatic rings. The van der Waals surface area contributed by atoms with E-state index in [1.165, 1.54) is 18.4 Å². The van der Waals surface area contributed by atoms with Crippen LogP contribution in [0.25, 0.3) is 0 Å². The first-order valence-corrected chi connectivity index (χ1v) is 12.7. The SMILES string of the molecule is COc1ccc(N2CCN(C(=O)Cc3n[nH]c(=O)[nH]3)C(Cc3ccccc3)C2)cc1OC1CCCC1. The molecule has 2 N–H and O–H groups in total. The Bertz CT molecular complexity index is 1220. The van der Waals surface area contributed by atoms with Gasteiger partial charge < -0.3 is 19.3 Å². The smallest absolute Gasteiger partial charge is 0.340 e. The average Bonchev–Trinajstić information content (AvgIpc) is 3.56. The molecule has 2 heterocycles. The molecular formula is C27H33N5O4. The Morgan fingerprint density at radius 3 is 2.61 bits per heavy atom. The van der Waals surface area contributed by atoms with E-state index in [1.54, 1.807) is 7.11 Å². The largest absolute Gasteiger partial charge is 0.493 e. The van der Waals surface area contributed by atoms with Crippen molar-refractivity contribution in [2.24, 2.45) is 0 Å². The lowest BCUT2D eigenvalue weighted by atomic mass is 10.0. The summed E-state index contributed by atoms with van der Waals surface area (Å²) in [4.78, 5) is 31.5. The maximum atomic E-state index is 13.2. The summed E-state index contributed by atoms with van der Waals surface area (Å²) in [6, 6.07) is 16.3. The third-order valence-corrected chi connectivity index (χ3v) is 7.09. The number of nitrogens with one attached hydrogen (secondary N) is 2. The number of anilines is 1. The number of ether oxygens (including phenoxy) is 2. The Morgan fingerprint density at radius 2 is 1.89 bits per heavy atom. The van der Waals surface area contributed by atoms with Gasteiger partial charge in [-0.2, -0.15) is 5.10 Å². The monoisotopic (exact) mass is 491 g/mol. The summed E-state index contributed by atoms with van der Waals surface area (Å²) >= 11 is 0. The minimum absolute atomic E-state index is 0.0272. The predicted molar refractivity (Wildman–Crippen MR) is 137 cm³/mol. The van der Waals surface area contributed by atoms with Gasteiger partial charge >= 0.3 is 5.69 Å². The molecule has 9 heteroatoms. The van der Waals surface area contributed by atoms with Crippen LogP contribution in [0.2, 0.25) is 0 Å². The number of rotatable bonds is 8. The van der Waals surface area contributed by atoms with Crippen molar-refractivity contribution >= 4 is 11.6 Å². The molecule has 1 amide bonds. The van der Waals surface area contributed by atoms with Crippen LogP contribution in [-0.2, 0) is 17.6 Å². The summed E-state index contributed by atoms with van der Waals surface area (Å²) in [5.74, 6) is 1.84.